The summed E-state index contributed by atoms with van der Waals surface area (Å²) in [5.74, 6) is 1.17. The lowest BCUT2D eigenvalue weighted by molar-refractivity contribution is -0.113. The van der Waals surface area contributed by atoms with E-state index in [4.69, 9.17) is 4.74 Å². The quantitative estimate of drug-likeness (QED) is 0.398. The number of nitrogens with zero attached hydrogens (tertiary/aromatic N) is 3. The molecule has 1 amide bonds. The van der Waals surface area contributed by atoms with Crippen LogP contribution in [0.5, 0.6) is 5.75 Å². The topological polar surface area (TPSA) is 81.1 Å². The molecule has 4 aromatic rings. The zero-order valence-corrected chi connectivity index (χ0v) is 19.9. The molecule has 35 heavy (non-hydrogen) atoms. The molecule has 1 unspecified atom stereocenters. The van der Waals surface area contributed by atoms with Crippen molar-refractivity contribution in [1.82, 2.24) is 14.8 Å². The molecule has 176 valence electrons. The number of allylic oxidation sites excluding steroid dienone is 1. The number of aryl methyl sites for hydroxylation is 1. The first-order chi connectivity index (χ1) is 17.0. The third-order valence-corrected chi connectivity index (χ3v) is 6.34. The summed E-state index contributed by atoms with van der Waals surface area (Å²) in [4.78, 5) is 17.9. The second kappa shape index (κ2) is 9.46. The van der Waals surface area contributed by atoms with Crippen molar-refractivity contribution in [1.29, 1.82) is 0 Å². The number of ether oxygens (including phenoxy) is 1. The molecule has 0 saturated carbocycles. The number of hydrogen-bond donors (Lipinski definition) is 2. The van der Waals surface area contributed by atoms with E-state index in [1.54, 1.807) is 4.68 Å². The Kier molecular flexibility index (Phi) is 6.06. The van der Waals surface area contributed by atoms with Crippen LogP contribution in [0.2, 0.25) is 0 Å². The first-order valence-corrected chi connectivity index (χ1v) is 11.5. The van der Waals surface area contributed by atoms with Crippen LogP contribution in [0, 0.1) is 13.8 Å². The molecule has 0 spiro atoms. The van der Waals surface area contributed by atoms with Gasteiger partial charge in [-0.15, -0.1) is 0 Å². The van der Waals surface area contributed by atoms with Crippen molar-refractivity contribution in [3.8, 4) is 5.75 Å². The summed E-state index contributed by atoms with van der Waals surface area (Å²) in [7, 11) is 0. The Labute approximate surface area is 204 Å². The number of carbonyl (C=O) groups is 1. The molecule has 1 aromatic heterocycles. The number of benzene rings is 3. The van der Waals surface area contributed by atoms with Crippen molar-refractivity contribution in [2.24, 2.45) is 0 Å². The van der Waals surface area contributed by atoms with E-state index in [0.717, 1.165) is 39.4 Å². The van der Waals surface area contributed by atoms with E-state index in [1.165, 1.54) is 6.33 Å². The fourth-order valence-corrected chi connectivity index (χ4v) is 4.26. The van der Waals surface area contributed by atoms with E-state index in [-0.39, 0.29) is 5.91 Å². The van der Waals surface area contributed by atoms with Gasteiger partial charge in [-0.25, -0.2) is 4.68 Å². The Balaban J connectivity index is 1.43. The van der Waals surface area contributed by atoms with Crippen LogP contribution in [0.1, 0.15) is 35.2 Å². The average molecular weight is 466 g/mol. The highest BCUT2D eigenvalue weighted by Gasteiger charge is 2.33. The molecule has 0 fully saturated rings. The summed E-state index contributed by atoms with van der Waals surface area (Å²) in [5, 5.41) is 10.7. The number of rotatable bonds is 6. The normalized spacial score (nSPS) is 14.8. The van der Waals surface area contributed by atoms with Crippen LogP contribution in [0.3, 0.4) is 0 Å². The van der Waals surface area contributed by atoms with Gasteiger partial charge in [-0.2, -0.15) is 10.1 Å². The highest BCUT2D eigenvalue weighted by atomic mass is 16.5. The third kappa shape index (κ3) is 4.53. The number of carbonyl (C=O) groups excluding carboxylic acids is 1. The molecule has 2 heterocycles. The Morgan fingerprint density at radius 1 is 1.00 bits per heavy atom. The SMILES string of the molecule is CC1=C(C(=O)Nc2cccc(C)c2C)C(c2ccc(OCc3ccccc3)cc2)n2ncnc2N1. The van der Waals surface area contributed by atoms with E-state index in [0.29, 0.717) is 18.1 Å². The minimum atomic E-state index is -0.429. The largest absolute Gasteiger partial charge is 0.489 e. The highest BCUT2D eigenvalue weighted by Crippen LogP contribution is 2.36. The first kappa shape index (κ1) is 22.4. The molecule has 0 aliphatic carbocycles. The second-order valence-corrected chi connectivity index (χ2v) is 8.64. The molecule has 3 aromatic carbocycles. The molecule has 1 aliphatic heterocycles. The minimum absolute atomic E-state index is 0.181. The molecule has 0 bridgehead atoms. The van der Waals surface area contributed by atoms with Gasteiger partial charge in [-0.1, -0.05) is 54.6 Å². The Bertz CT molecular complexity index is 1390. The van der Waals surface area contributed by atoms with Crippen LogP contribution in [-0.2, 0) is 11.4 Å². The van der Waals surface area contributed by atoms with Gasteiger partial charge in [0.2, 0.25) is 5.95 Å². The lowest BCUT2D eigenvalue weighted by Gasteiger charge is -2.29. The maximum absolute atomic E-state index is 13.6. The smallest absolute Gasteiger partial charge is 0.255 e. The number of nitrogens with one attached hydrogen (secondary N) is 2. The van der Waals surface area contributed by atoms with Crippen LogP contribution in [0.4, 0.5) is 11.6 Å². The van der Waals surface area contributed by atoms with Crippen LogP contribution >= 0.6 is 0 Å². The predicted octanol–water partition coefficient (Wildman–Crippen LogP) is 5.40. The summed E-state index contributed by atoms with van der Waals surface area (Å²) < 4.78 is 7.69. The molecule has 0 saturated heterocycles. The van der Waals surface area contributed by atoms with Crippen molar-refractivity contribution < 1.29 is 9.53 Å². The van der Waals surface area contributed by atoms with Crippen molar-refractivity contribution in [2.45, 2.75) is 33.4 Å². The van der Waals surface area contributed by atoms with Gasteiger partial charge in [0.05, 0.1) is 5.57 Å². The molecule has 2 N–H and O–H groups in total. The lowest BCUT2D eigenvalue weighted by atomic mass is 9.94. The zero-order valence-electron chi connectivity index (χ0n) is 19.9. The standard InChI is InChI=1S/C28H27N5O2/c1-18-8-7-11-24(19(18)2)32-27(34)25-20(3)31-28-29-17-30-33(28)26(25)22-12-14-23(15-13-22)35-16-21-9-5-4-6-10-21/h4-15,17,26H,16H2,1-3H3,(H,32,34)(H,29,30,31). The van der Waals surface area contributed by atoms with Gasteiger partial charge < -0.3 is 15.4 Å². The maximum atomic E-state index is 13.6. The van der Waals surface area contributed by atoms with Gasteiger partial charge in [0.25, 0.3) is 5.91 Å². The van der Waals surface area contributed by atoms with Crippen molar-refractivity contribution in [2.75, 3.05) is 10.6 Å². The molecular weight excluding hydrogens is 438 g/mol. The number of anilines is 2. The van der Waals surface area contributed by atoms with Gasteiger partial charge in [0.15, 0.2) is 0 Å². The second-order valence-electron chi connectivity index (χ2n) is 8.64. The summed E-state index contributed by atoms with van der Waals surface area (Å²) in [6.45, 7) is 6.42. The van der Waals surface area contributed by atoms with Crippen molar-refractivity contribution >= 4 is 17.5 Å². The van der Waals surface area contributed by atoms with E-state index in [2.05, 4.69) is 20.7 Å². The number of hydrogen-bond acceptors (Lipinski definition) is 5. The molecule has 1 atom stereocenters. The molecule has 1 aliphatic rings. The summed E-state index contributed by atoms with van der Waals surface area (Å²) in [6, 6.07) is 23.3. The number of fused-ring (bicyclic) bond motifs is 1. The highest BCUT2D eigenvalue weighted by molar-refractivity contribution is 6.06. The monoisotopic (exact) mass is 465 g/mol. The molecule has 5 rings (SSSR count). The van der Waals surface area contributed by atoms with Gasteiger partial charge in [0, 0.05) is 11.4 Å². The Morgan fingerprint density at radius 2 is 1.77 bits per heavy atom. The third-order valence-electron chi connectivity index (χ3n) is 6.34. The number of aromatic nitrogens is 3. The Hall–Kier alpha value is -4.39. The summed E-state index contributed by atoms with van der Waals surface area (Å²) in [5.41, 5.74) is 6.30. The van der Waals surface area contributed by atoms with Crippen molar-refractivity contribution in [3.05, 3.63) is 113 Å². The maximum Gasteiger partial charge on any atom is 0.255 e. The first-order valence-electron chi connectivity index (χ1n) is 11.5. The van der Waals surface area contributed by atoms with Crippen LogP contribution in [-0.4, -0.2) is 20.7 Å². The fourth-order valence-electron chi connectivity index (χ4n) is 4.26. The van der Waals surface area contributed by atoms with Gasteiger partial charge >= 0.3 is 0 Å². The molecule has 7 nitrogen and oxygen atoms in total. The molecular formula is C28H27N5O2. The van der Waals surface area contributed by atoms with Gasteiger partial charge in [-0.05, 0) is 61.2 Å². The van der Waals surface area contributed by atoms with Crippen LogP contribution in [0.15, 0.2) is 90.4 Å². The van der Waals surface area contributed by atoms with Crippen LogP contribution < -0.4 is 15.4 Å². The van der Waals surface area contributed by atoms with E-state index in [1.807, 2.05) is 93.6 Å². The van der Waals surface area contributed by atoms with Crippen LogP contribution in [0.25, 0.3) is 0 Å². The molecule has 7 heteroatoms. The zero-order chi connectivity index (χ0) is 24.4. The van der Waals surface area contributed by atoms with E-state index >= 15 is 0 Å². The van der Waals surface area contributed by atoms with Gasteiger partial charge in [-0.3, -0.25) is 4.79 Å². The molecule has 0 radical (unpaired) electrons. The number of amides is 1. The summed E-state index contributed by atoms with van der Waals surface area (Å²) >= 11 is 0. The lowest BCUT2D eigenvalue weighted by Crippen LogP contribution is -2.31. The fraction of sp³-hybridized carbons (Fsp3) is 0.179. The van der Waals surface area contributed by atoms with E-state index in [9.17, 15) is 4.79 Å². The summed E-state index contributed by atoms with van der Waals surface area (Å²) in [6.07, 6.45) is 1.49. The van der Waals surface area contributed by atoms with Crippen molar-refractivity contribution in [3.63, 3.8) is 0 Å². The predicted molar refractivity (Wildman–Crippen MR) is 136 cm³/mol. The minimum Gasteiger partial charge on any atom is -0.489 e. The van der Waals surface area contributed by atoms with E-state index < -0.39 is 6.04 Å². The average Bonchev–Trinajstić information content (AvgIpc) is 3.34. The Morgan fingerprint density at radius 3 is 2.54 bits per heavy atom. The van der Waals surface area contributed by atoms with Gasteiger partial charge in [0.1, 0.15) is 24.7 Å².